The average Bonchev–Trinajstić information content (AvgIpc) is 2.39. The maximum Gasteiger partial charge on any atom is 0.149 e. The fraction of sp³-hybridized carbons (Fsp3) is 0.714. The first kappa shape index (κ1) is 17.7. The summed E-state index contributed by atoms with van der Waals surface area (Å²) in [5.74, 6) is 2.42. The summed E-state index contributed by atoms with van der Waals surface area (Å²) in [6.07, 6.45) is 4.03. The zero-order valence-corrected chi connectivity index (χ0v) is 14.2. The Balaban J connectivity index is 2.91. The van der Waals surface area contributed by atoms with Gasteiger partial charge in [0.25, 0.3) is 0 Å². The number of anilines is 2. The quantitative estimate of drug-likeness (QED) is 0.725. The van der Waals surface area contributed by atoms with E-state index in [1.807, 2.05) is 6.92 Å². The lowest BCUT2D eigenvalue weighted by atomic mass is 10.2. The third-order valence-corrected chi connectivity index (χ3v) is 3.92. The van der Waals surface area contributed by atoms with Gasteiger partial charge in [-0.3, -0.25) is 0 Å². The molecule has 0 unspecified atom stereocenters. The topological polar surface area (TPSA) is 84.0 Å². The van der Waals surface area contributed by atoms with Crippen molar-refractivity contribution in [2.24, 2.45) is 0 Å². The number of aromatic nitrogens is 2. The molecule has 2 N–H and O–H groups in total. The molecule has 1 rings (SSSR count). The lowest BCUT2D eigenvalue weighted by Crippen LogP contribution is -2.17. The summed E-state index contributed by atoms with van der Waals surface area (Å²) in [4.78, 5) is 9.03. The summed E-state index contributed by atoms with van der Waals surface area (Å²) >= 11 is 0. The number of aryl methyl sites for hydroxylation is 1. The van der Waals surface area contributed by atoms with Crippen molar-refractivity contribution in [1.29, 1.82) is 0 Å². The van der Waals surface area contributed by atoms with E-state index in [4.69, 9.17) is 0 Å². The van der Waals surface area contributed by atoms with E-state index in [0.29, 0.717) is 6.54 Å². The fourth-order valence-corrected chi connectivity index (χ4v) is 2.31. The first-order valence-electron chi connectivity index (χ1n) is 7.40. The number of hydrogen-bond acceptors (Lipinski definition) is 6. The molecular formula is C14H26N4O2S. The minimum Gasteiger partial charge on any atom is -0.370 e. The zero-order valence-electron chi connectivity index (χ0n) is 13.4. The number of rotatable bonds is 9. The fourth-order valence-electron chi connectivity index (χ4n) is 1.84. The van der Waals surface area contributed by atoms with Crippen molar-refractivity contribution in [2.75, 3.05) is 35.7 Å². The molecule has 120 valence electrons. The van der Waals surface area contributed by atoms with Crippen molar-refractivity contribution >= 4 is 21.5 Å². The molecule has 7 heteroatoms. The molecule has 0 radical (unpaired) electrons. The highest BCUT2D eigenvalue weighted by Crippen LogP contribution is 2.20. The molecular weight excluding hydrogens is 288 g/mol. The molecule has 0 bridgehead atoms. The molecule has 1 aromatic heterocycles. The van der Waals surface area contributed by atoms with Crippen LogP contribution in [0.2, 0.25) is 0 Å². The zero-order chi connectivity index (χ0) is 15.9. The van der Waals surface area contributed by atoms with Crippen molar-refractivity contribution in [2.45, 2.75) is 40.0 Å². The Labute approximate surface area is 127 Å². The van der Waals surface area contributed by atoms with Gasteiger partial charge in [0.15, 0.2) is 0 Å². The molecule has 0 spiro atoms. The van der Waals surface area contributed by atoms with Crippen molar-refractivity contribution in [1.82, 2.24) is 9.97 Å². The predicted molar refractivity (Wildman–Crippen MR) is 87.7 cm³/mol. The van der Waals surface area contributed by atoms with E-state index >= 15 is 0 Å². The van der Waals surface area contributed by atoms with Gasteiger partial charge < -0.3 is 10.6 Å². The van der Waals surface area contributed by atoms with Crippen LogP contribution < -0.4 is 10.6 Å². The van der Waals surface area contributed by atoms with Crippen LogP contribution in [0.4, 0.5) is 11.6 Å². The van der Waals surface area contributed by atoms with Gasteiger partial charge in [0.2, 0.25) is 0 Å². The largest absolute Gasteiger partial charge is 0.370 e. The molecule has 6 nitrogen and oxygen atoms in total. The first-order chi connectivity index (χ1) is 9.87. The predicted octanol–water partition coefficient (Wildman–Crippen LogP) is 2.02. The number of sulfone groups is 1. The Hall–Kier alpha value is -1.37. The van der Waals surface area contributed by atoms with Crippen molar-refractivity contribution < 1.29 is 8.42 Å². The van der Waals surface area contributed by atoms with Crippen LogP contribution in [-0.2, 0) is 16.3 Å². The molecule has 0 aliphatic heterocycles. The Morgan fingerprint density at radius 1 is 1.00 bits per heavy atom. The van der Waals surface area contributed by atoms with Crippen molar-refractivity contribution in [3.63, 3.8) is 0 Å². The summed E-state index contributed by atoms with van der Waals surface area (Å²) < 4.78 is 22.4. The maximum atomic E-state index is 11.2. The Morgan fingerprint density at radius 3 is 2.05 bits per heavy atom. The third-order valence-electron chi connectivity index (χ3n) is 2.97. The van der Waals surface area contributed by atoms with Crippen molar-refractivity contribution in [3.05, 3.63) is 11.4 Å². The van der Waals surface area contributed by atoms with Gasteiger partial charge in [0.1, 0.15) is 27.3 Å². The summed E-state index contributed by atoms with van der Waals surface area (Å²) in [7, 11) is -2.97. The maximum absolute atomic E-state index is 11.2. The van der Waals surface area contributed by atoms with Gasteiger partial charge in [-0.15, -0.1) is 0 Å². The molecule has 1 heterocycles. The number of nitrogens with one attached hydrogen (secondary N) is 2. The SMILES string of the molecule is CCCNc1nc(CCC)nc(NCCS(C)(=O)=O)c1C. The van der Waals surface area contributed by atoms with Gasteiger partial charge in [-0.1, -0.05) is 13.8 Å². The molecule has 0 atom stereocenters. The molecule has 0 aliphatic carbocycles. The van der Waals surface area contributed by atoms with Crippen molar-refractivity contribution in [3.8, 4) is 0 Å². The Bertz CT molecular complexity index is 558. The van der Waals surface area contributed by atoms with E-state index in [-0.39, 0.29) is 5.75 Å². The molecule has 0 saturated heterocycles. The minimum absolute atomic E-state index is 0.0945. The second kappa shape index (κ2) is 8.17. The van der Waals surface area contributed by atoms with Gasteiger partial charge in [-0.2, -0.15) is 0 Å². The molecule has 0 aromatic carbocycles. The van der Waals surface area contributed by atoms with E-state index < -0.39 is 9.84 Å². The standard InChI is InChI=1S/C14H26N4O2S/c1-5-7-12-17-13(15-8-6-2)11(3)14(18-12)16-9-10-21(4,19)20/h5-10H2,1-4H3,(H2,15,16,17,18). The van der Waals surface area contributed by atoms with Crippen LogP contribution >= 0.6 is 0 Å². The second-order valence-electron chi connectivity index (χ2n) is 5.20. The highest BCUT2D eigenvalue weighted by molar-refractivity contribution is 7.90. The Morgan fingerprint density at radius 2 is 1.57 bits per heavy atom. The van der Waals surface area contributed by atoms with E-state index in [0.717, 1.165) is 48.8 Å². The molecule has 0 aliphatic rings. The molecule has 0 fully saturated rings. The van der Waals surface area contributed by atoms with Gasteiger partial charge in [-0.05, 0) is 19.8 Å². The van der Waals surface area contributed by atoms with E-state index in [9.17, 15) is 8.42 Å². The van der Waals surface area contributed by atoms with Gasteiger partial charge in [0.05, 0.1) is 5.75 Å². The highest BCUT2D eigenvalue weighted by atomic mass is 32.2. The van der Waals surface area contributed by atoms with Crippen LogP contribution in [0.1, 0.15) is 38.1 Å². The van der Waals surface area contributed by atoms with Crippen LogP contribution in [0.15, 0.2) is 0 Å². The lowest BCUT2D eigenvalue weighted by Gasteiger charge is -2.14. The number of nitrogens with zero attached hydrogens (tertiary/aromatic N) is 2. The van der Waals surface area contributed by atoms with E-state index in [1.54, 1.807) is 0 Å². The Kier molecular flexibility index (Phi) is 6.87. The highest BCUT2D eigenvalue weighted by Gasteiger charge is 2.11. The summed E-state index contributed by atoms with van der Waals surface area (Å²) in [6, 6.07) is 0. The van der Waals surface area contributed by atoms with E-state index in [1.165, 1.54) is 6.26 Å². The second-order valence-corrected chi connectivity index (χ2v) is 7.46. The van der Waals surface area contributed by atoms with Crippen LogP contribution in [0, 0.1) is 6.92 Å². The molecule has 1 aromatic rings. The van der Waals surface area contributed by atoms with Crippen LogP contribution in [0.25, 0.3) is 0 Å². The summed E-state index contributed by atoms with van der Waals surface area (Å²) in [5.41, 5.74) is 0.928. The first-order valence-corrected chi connectivity index (χ1v) is 9.46. The smallest absolute Gasteiger partial charge is 0.149 e. The van der Waals surface area contributed by atoms with Crippen LogP contribution in [-0.4, -0.2) is 43.5 Å². The van der Waals surface area contributed by atoms with Crippen LogP contribution in [0.5, 0.6) is 0 Å². The molecule has 0 amide bonds. The normalized spacial score (nSPS) is 11.4. The monoisotopic (exact) mass is 314 g/mol. The summed E-state index contributed by atoms with van der Waals surface area (Å²) in [6.45, 7) is 7.33. The third kappa shape index (κ3) is 6.29. The minimum atomic E-state index is -2.97. The average molecular weight is 314 g/mol. The summed E-state index contributed by atoms with van der Waals surface area (Å²) in [5, 5.41) is 6.41. The molecule has 0 saturated carbocycles. The van der Waals surface area contributed by atoms with Gasteiger partial charge in [-0.25, -0.2) is 18.4 Å². The molecule has 21 heavy (non-hydrogen) atoms. The van der Waals surface area contributed by atoms with E-state index in [2.05, 4.69) is 34.4 Å². The van der Waals surface area contributed by atoms with Crippen LogP contribution in [0.3, 0.4) is 0 Å². The van der Waals surface area contributed by atoms with Gasteiger partial charge in [0, 0.05) is 31.3 Å². The number of hydrogen-bond donors (Lipinski definition) is 2. The lowest BCUT2D eigenvalue weighted by molar-refractivity contribution is 0.602. The van der Waals surface area contributed by atoms with Gasteiger partial charge >= 0.3 is 0 Å².